The third-order valence-corrected chi connectivity index (χ3v) is 5.71. The number of ether oxygens (including phenoxy) is 1. The SMILES string of the molecule is CCCCCCCCCCCCCCOC(=O)CN(C)C(=O)C1CCCC1. The molecule has 0 aromatic heterocycles. The van der Waals surface area contributed by atoms with Crippen LogP contribution in [0, 0.1) is 5.92 Å². The Kier molecular flexibility index (Phi) is 14.2. The van der Waals surface area contributed by atoms with Crippen molar-refractivity contribution in [3.05, 3.63) is 0 Å². The van der Waals surface area contributed by atoms with Crippen molar-refractivity contribution < 1.29 is 14.3 Å². The number of rotatable bonds is 16. The number of hydrogen-bond acceptors (Lipinski definition) is 3. The van der Waals surface area contributed by atoms with Gasteiger partial charge in [0.25, 0.3) is 0 Å². The summed E-state index contributed by atoms with van der Waals surface area (Å²) < 4.78 is 5.28. The van der Waals surface area contributed by atoms with E-state index in [1.165, 1.54) is 64.2 Å². The summed E-state index contributed by atoms with van der Waals surface area (Å²) in [5.74, 6) is -0.0409. The van der Waals surface area contributed by atoms with Crippen LogP contribution in [-0.4, -0.2) is 37.0 Å². The highest BCUT2D eigenvalue weighted by molar-refractivity contribution is 5.83. The molecule has 1 aliphatic rings. The second kappa shape index (κ2) is 15.9. The van der Waals surface area contributed by atoms with Crippen molar-refractivity contribution in [2.24, 2.45) is 5.92 Å². The number of nitrogens with zero attached hydrogens (tertiary/aromatic N) is 1. The van der Waals surface area contributed by atoms with Crippen LogP contribution in [0.2, 0.25) is 0 Å². The van der Waals surface area contributed by atoms with Crippen LogP contribution in [0.3, 0.4) is 0 Å². The topological polar surface area (TPSA) is 46.6 Å². The van der Waals surface area contributed by atoms with Crippen molar-refractivity contribution in [2.45, 2.75) is 110 Å². The van der Waals surface area contributed by atoms with Gasteiger partial charge in [-0.1, -0.05) is 90.4 Å². The number of likely N-dealkylation sites (N-methyl/N-ethyl adjacent to an activating group) is 1. The van der Waals surface area contributed by atoms with Gasteiger partial charge < -0.3 is 9.64 Å². The van der Waals surface area contributed by atoms with Gasteiger partial charge in [-0.25, -0.2) is 0 Å². The highest BCUT2D eigenvalue weighted by atomic mass is 16.5. The van der Waals surface area contributed by atoms with Gasteiger partial charge in [0, 0.05) is 13.0 Å². The van der Waals surface area contributed by atoms with Gasteiger partial charge in [0.15, 0.2) is 0 Å². The Balaban J connectivity index is 1.87. The molecule has 1 rings (SSSR count). The van der Waals surface area contributed by atoms with Gasteiger partial charge in [-0.05, 0) is 19.3 Å². The van der Waals surface area contributed by atoms with Crippen LogP contribution in [0.15, 0.2) is 0 Å². The molecule has 0 N–H and O–H groups in total. The first-order valence-corrected chi connectivity index (χ1v) is 11.6. The lowest BCUT2D eigenvalue weighted by Crippen LogP contribution is -2.36. The molecule has 4 nitrogen and oxygen atoms in total. The summed E-state index contributed by atoms with van der Waals surface area (Å²) in [5, 5.41) is 0. The van der Waals surface area contributed by atoms with Crippen LogP contribution in [0.25, 0.3) is 0 Å². The van der Waals surface area contributed by atoms with Crippen LogP contribution in [0.5, 0.6) is 0 Å². The Labute approximate surface area is 167 Å². The molecular formula is C23H43NO3. The van der Waals surface area contributed by atoms with E-state index in [0.717, 1.165) is 38.5 Å². The van der Waals surface area contributed by atoms with E-state index in [9.17, 15) is 9.59 Å². The maximum Gasteiger partial charge on any atom is 0.325 e. The summed E-state index contributed by atoms with van der Waals surface area (Å²) in [4.78, 5) is 25.6. The summed E-state index contributed by atoms with van der Waals surface area (Å²) in [7, 11) is 1.71. The van der Waals surface area contributed by atoms with Crippen LogP contribution in [-0.2, 0) is 14.3 Å². The second-order valence-corrected chi connectivity index (χ2v) is 8.29. The highest BCUT2D eigenvalue weighted by Crippen LogP contribution is 2.26. The van der Waals surface area contributed by atoms with Crippen molar-refractivity contribution in [3.8, 4) is 0 Å². The molecule has 0 unspecified atom stereocenters. The molecule has 0 aliphatic heterocycles. The predicted octanol–water partition coefficient (Wildman–Crippen LogP) is 5.88. The molecular weight excluding hydrogens is 338 g/mol. The van der Waals surface area contributed by atoms with Gasteiger partial charge in [-0.3, -0.25) is 9.59 Å². The molecule has 0 bridgehead atoms. The van der Waals surface area contributed by atoms with E-state index in [1.807, 2.05) is 0 Å². The molecule has 0 atom stereocenters. The van der Waals surface area contributed by atoms with Crippen LogP contribution < -0.4 is 0 Å². The Morgan fingerprint density at radius 1 is 0.815 bits per heavy atom. The standard InChI is InChI=1S/C23H43NO3/c1-3-4-5-6-7-8-9-10-11-12-13-16-19-27-22(25)20-24(2)23(26)21-17-14-15-18-21/h21H,3-20H2,1-2H3. The van der Waals surface area contributed by atoms with Gasteiger partial charge in [0.05, 0.1) is 6.61 Å². The van der Waals surface area contributed by atoms with Gasteiger partial charge in [-0.15, -0.1) is 0 Å². The highest BCUT2D eigenvalue weighted by Gasteiger charge is 2.26. The third kappa shape index (κ3) is 12.1. The van der Waals surface area contributed by atoms with Gasteiger partial charge >= 0.3 is 5.97 Å². The maximum absolute atomic E-state index is 12.2. The Morgan fingerprint density at radius 2 is 1.30 bits per heavy atom. The predicted molar refractivity (Wildman–Crippen MR) is 112 cm³/mol. The van der Waals surface area contributed by atoms with Crippen molar-refractivity contribution in [1.29, 1.82) is 0 Å². The lowest BCUT2D eigenvalue weighted by molar-refractivity contribution is -0.149. The van der Waals surface area contributed by atoms with Crippen molar-refractivity contribution in [3.63, 3.8) is 0 Å². The Morgan fingerprint density at radius 3 is 1.81 bits per heavy atom. The largest absolute Gasteiger partial charge is 0.464 e. The summed E-state index contributed by atoms with van der Waals surface area (Å²) >= 11 is 0. The minimum Gasteiger partial charge on any atom is -0.464 e. The molecule has 0 heterocycles. The van der Waals surface area contributed by atoms with E-state index in [2.05, 4.69) is 6.92 Å². The van der Waals surface area contributed by atoms with E-state index >= 15 is 0 Å². The summed E-state index contributed by atoms with van der Waals surface area (Å²) in [5.41, 5.74) is 0. The maximum atomic E-state index is 12.2. The van der Waals surface area contributed by atoms with E-state index in [-0.39, 0.29) is 24.3 Å². The van der Waals surface area contributed by atoms with E-state index in [0.29, 0.717) is 6.61 Å². The van der Waals surface area contributed by atoms with E-state index in [4.69, 9.17) is 4.74 Å². The van der Waals surface area contributed by atoms with Gasteiger partial charge in [-0.2, -0.15) is 0 Å². The average molecular weight is 382 g/mol. The lowest BCUT2D eigenvalue weighted by Gasteiger charge is -2.19. The molecule has 0 aromatic rings. The fourth-order valence-corrected chi connectivity index (χ4v) is 3.93. The first kappa shape index (κ1) is 24.0. The first-order chi connectivity index (χ1) is 13.1. The normalized spacial score (nSPS) is 14.4. The quantitative estimate of drug-likeness (QED) is 0.248. The van der Waals surface area contributed by atoms with Gasteiger partial charge in [0.2, 0.25) is 5.91 Å². The number of amides is 1. The van der Waals surface area contributed by atoms with Crippen LogP contribution in [0.1, 0.15) is 110 Å². The molecule has 158 valence electrons. The fourth-order valence-electron chi connectivity index (χ4n) is 3.93. The van der Waals surface area contributed by atoms with E-state index in [1.54, 1.807) is 11.9 Å². The molecule has 0 aromatic carbocycles. The first-order valence-electron chi connectivity index (χ1n) is 11.6. The van der Waals surface area contributed by atoms with E-state index < -0.39 is 0 Å². The monoisotopic (exact) mass is 381 g/mol. The van der Waals surface area contributed by atoms with Crippen molar-refractivity contribution in [2.75, 3.05) is 20.2 Å². The summed E-state index contributed by atoms with van der Waals surface area (Å²) in [6.07, 6.45) is 19.8. The minimum absolute atomic E-state index is 0.0909. The zero-order chi connectivity index (χ0) is 19.7. The lowest BCUT2D eigenvalue weighted by atomic mass is 10.1. The fraction of sp³-hybridized carbons (Fsp3) is 0.913. The zero-order valence-electron chi connectivity index (χ0n) is 18.0. The molecule has 1 fully saturated rings. The number of carbonyl (C=O) groups excluding carboxylic acids is 2. The molecule has 0 radical (unpaired) electrons. The summed E-state index contributed by atoms with van der Waals surface area (Å²) in [6, 6.07) is 0. The third-order valence-electron chi connectivity index (χ3n) is 5.71. The average Bonchev–Trinajstić information content (AvgIpc) is 3.19. The Bertz CT molecular complexity index is 391. The Hall–Kier alpha value is -1.06. The number of hydrogen-bond donors (Lipinski definition) is 0. The zero-order valence-corrected chi connectivity index (χ0v) is 18.0. The van der Waals surface area contributed by atoms with Gasteiger partial charge in [0.1, 0.15) is 6.54 Å². The second-order valence-electron chi connectivity index (χ2n) is 8.29. The van der Waals surface area contributed by atoms with Crippen molar-refractivity contribution in [1.82, 2.24) is 4.90 Å². The molecule has 27 heavy (non-hydrogen) atoms. The van der Waals surface area contributed by atoms with Crippen molar-refractivity contribution >= 4 is 11.9 Å². The number of unbranched alkanes of at least 4 members (excludes halogenated alkanes) is 11. The molecule has 1 saturated carbocycles. The number of carbonyl (C=O) groups is 2. The number of esters is 1. The minimum atomic E-state index is -0.271. The molecule has 0 spiro atoms. The summed E-state index contributed by atoms with van der Waals surface area (Å²) in [6.45, 7) is 2.84. The molecule has 1 aliphatic carbocycles. The molecule has 1 amide bonds. The van der Waals surface area contributed by atoms with Crippen LogP contribution >= 0.6 is 0 Å². The molecule has 4 heteroatoms. The smallest absolute Gasteiger partial charge is 0.325 e. The van der Waals surface area contributed by atoms with Crippen LogP contribution in [0.4, 0.5) is 0 Å². The molecule has 0 saturated heterocycles.